The number of rotatable bonds is 9. The summed E-state index contributed by atoms with van der Waals surface area (Å²) in [6.45, 7) is 2.23. The summed E-state index contributed by atoms with van der Waals surface area (Å²) >= 11 is 0. The van der Waals surface area contributed by atoms with Crippen LogP contribution in [-0.2, 0) is 9.53 Å². The molecule has 0 N–H and O–H groups in total. The van der Waals surface area contributed by atoms with E-state index in [4.69, 9.17) is 0 Å². The first-order valence-electron chi connectivity index (χ1n) is 6.22. The quantitative estimate of drug-likeness (QED) is 0.256. The predicted molar refractivity (Wildman–Crippen MR) is 68.3 cm³/mol. The molecule has 0 saturated carbocycles. The highest BCUT2D eigenvalue weighted by atomic mass is 16.5. The van der Waals surface area contributed by atoms with Crippen molar-refractivity contribution in [1.29, 1.82) is 0 Å². The van der Waals surface area contributed by atoms with Gasteiger partial charge in [-0.15, -0.1) is 0 Å². The Labute approximate surface area is 99.4 Å². The number of carbonyl (C=O) groups excluding carboxylic acids is 1. The van der Waals surface area contributed by atoms with E-state index >= 15 is 0 Å². The molecule has 92 valence electrons. The molecule has 0 aromatic carbocycles. The van der Waals surface area contributed by atoms with E-state index in [1.54, 1.807) is 6.08 Å². The Hall–Kier alpha value is -1.05. The van der Waals surface area contributed by atoms with E-state index in [1.807, 2.05) is 6.08 Å². The van der Waals surface area contributed by atoms with Crippen LogP contribution in [0.3, 0.4) is 0 Å². The van der Waals surface area contributed by atoms with Gasteiger partial charge in [0, 0.05) is 6.08 Å². The zero-order valence-electron chi connectivity index (χ0n) is 10.6. The van der Waals surface area contributed by atoms with Crippen molar-refractivity contribution in [2.45, 2.75) is 51.9 Å². The van der Waals surface area contributed by atoms with E-state index in [0.717, 1.165) is 6.42 Å². The van der Waals surface area contributed by atoms with E-state index in [-0.39, 0.29) is 5.97 Å². The van der Waals surface area contributed by atoms with E-state index in [2.05, 4.69) is 17.7 Å². The normalized spacial score (nSPS) is 11.4. The number of hydrogen-bond donors (Lipinski definition) is 0. The number of methoxy groups -OCH3 is 1. The number of allylic oxidation sites excluding steroid dienone is 3. The van der Waals surface area contributed by atoms with Crippen molar-refractivity contribution in [3.8, 4) is 0 Å². The van der Waals surface area contributed by atoms with Crippen molar-refractivity contribution in [2.24, 2.45) is 0 Å². The Morgan fingerprint density at radius 1 is 1.06 bits per heavy atom. The first kappa shape index (κ1) is 14.9. The summed E-state index contributed by atoms with van der Waals surface area (Å²) in [6.07, 6.45) is 16.2. The summed E-state index contributed by atoms with van der Waals surface area (Å²) < 4.78 is 4.47. The summed E-state index contributed by atoms with van der Waals surface area (Å²) in [5.41, 5.74) is 0. The molecule has 16 heavy (non-hydrogen) atoms. The first-order chi connectivity index (χ1) is 7.81. The van der Waals surface area contributed by atoms with Crippen molar-refractivity contribution in [2.75, 3.05) is 7.11 Å². The van der Waals surface area contributed by atoms with Crippen LogP contribution in [0.25, 0.3) is 0 Å². The smallest absolute Gasteiger partial charge is 0.330 e. The second-order valence-corrected chi connectivity index (χ2v) is 3.87. The van der Waals surface area contributed by atoms with Gasteiger partial charge in [-0.25, -0.2) is 4.79 Å². The molecule has 0 fully saturated rings. The van der Waals surface area contributed by atoms with Crippen LogP contribution in [0.15, 0.2) is 24.3 Å². The van der Waals surface area contributed by atoms with Crippen LogP contribution < -0.4 is 0 Å². The lowest BCUT2D eigenvalue weighted by Gasteiger charge is -1.97. The minimum Gasteiger partial charge on any atom is -0.466 e. The second-order valence-electron chi connectivity index (χ2n) is 3.87. The molecule has 0 aromatic rings. The van der Waals surface area contributed by atoms with Gasteiger partial charge in [-0.3, -0.25) is 0 Å². The van der Waals surface area contributed by atoms with Crippen molar-refractivity contribution in [3.05, 3.63) is 24.3 Å². The molecule has 0 rings (SSSR count). The number of hydrogen-bond acceptors (Lipinski definition) is 2. The van der Waals surface area contributed by atoms with Crippen LogP contribution >= 0.6 is 0 Å². The topological polar surface area (TPSA) is 26.3 Å². The largest absolute Gasteiger partial charge is 0.466 e. The molecule has 0 aliphatic heterocycles. The lowest BCUT2D eigenvalue weighted by atomic mass is 10.1. The van der Waals surface area contributed by atoms with Crippen LogP contribution in [0.5, 0.6) is 0 Å². The van der Waals surface area contributed by atoms with Crippen LogP contribution in [0.4, 0.5) is 0 Å². The number of unbranched alkanes of at least 4 members (excludes halogenated alkanes) is 6. The van der Waals surface area contributed by atoms with Gasteiger partial charge in [-0.1, -0.05) is 57.3 Å². The molecular formula is C14H24O2. The highest BCUT2D eigenvalue weighted by molar-refractivity contribution is 5.82. The van der Waals surface area contributed by atoms with Crippen LogP contribution in [-0.4, -0.2) is 13.1 Å². The van der Waals surface area contributed by atoms with Crippen LogP contribution in [0.2, 0.25) is 0 Å². The molecule has 0 aromatic heterocycles. The molecule has 0 amide bonds. The van der Waals surface area contributed by atoms with Crippen LogP contribution in [0, 0.1) is 0 Å². The van der Waals surface area contributed by atoms with Crippen molar-refractivity contribution >= 4 is 5.97 Å². The maximum atomic E-state index is 10.7. The van der Waals surface area contributed by atoms with Gasteiger partial charge in [0.15, 0.2) is 0 Å². The van der Waals surface area contributed by atoms with Gasteiger partial charge in [0.1, 0.15) is 0 Å². The average molecular weight is 224 g/mol. The molecule has 0 atom stereocenters. The lowest BCUT2D eigenvalue weighted by molar-refractivity contribution is -0.134. The fraction of sp³-hybridized carbons (Fsp3) is 0.643. The molecule has 0 bridgehead atoms. The fourth-order valence-electron chi connectivity index (χ4n) is 1.42. The highest BCUT2D eigenvalue weighted by Gasteiger charge is 1.88. The van der Waals surface area contributed by atoms with Gasteiger partial charge >= 0.3 is 5.97 Å². The highest BCUT2D eigenvalue weighted by Crippen LogP contribution is 2.07. The van der Waals surface area contributed by atoms with Gasteiger partial charge in [-0.05, 0) is 12.8 Å². The van der Waals surface area contributed by atoms with Gasteiger partial charge in [0.05, 0.1) is 7.11 Å². The third-order valence-electron chi connectivity index (χ3n) is 2.41. The monoisotopic (exact) mass is 224 g/mol. The predicted octanol–water partition coefficient (Wildman–Crippen LogP) is 4.02. The zero-order valence-corrected chi connectivity index (χ0v) is 10.6. The minimum absolute atomic E-state index is 0.302. The van der Waals surface area contributed by atoms with Gasteiger partial charge in [0.2, 0.25) is 0 Å². The summed E-state index contributed by atoms with van der Waals surface area (Å²) in [7, 11) is 1.38. The number of carbonyl (C=O) groups is 1. The Balaban J connectivity index is 3.28. The summed E-state index contributed by atoms with van der Waals surface area (Å²) in [4.78, 5) is 10.7. The molecule has 0 heterocycles. The molecule has 2 heteroatoms. The van der Waals surface area contributed by atoms with Crippen LogP contribution in [0.1, 0.15) is 51.9 Å². The molecule has 0 aliphatic rings. The summed E-state index contributed by atoms with van der Waals surface area (Å²) in [6, 6.07) is 0. The zero-order chi connectivity index (χ0) is 12.1. The Morgan fingerprint density at radius 2 is 1.75 bits per heavy atom. The molecule has 0 saturated heterocycles. The average Bonchev–Trinajstić information content (AvgIpc) is 2.31. The maximum Gasteiger partial charge on any atom is 0.330 e. The number of ether oxygens (including phenoxy) is 1. The molecule has 0 spiro atoms. The van der Waals surface area contributed by atoms with Gasteiger partial charge in [0.25, 0.3) is 0 Å². The summed E-state index contributed by atoms with van der Waals surface area (Å²) in [5, 5.41) is 0. The molecule has 0 aliphatic carbocycles. The number of esters is 1. The first-order valence-corrected chi connectivity index (χ1v) is 6.22. The second kappa shape index (κ2) is 12.0. The molecule has 0 radical (unpaired) electrons. The third kappa shape index (κ3) is 11.0. The summed E-state index contributed by atoms with van der Waals surface area (Å²) in [5.74, 6) is -0.302. The molecule has 2 nitrogen and oxygen atoms in total. The van der Waals surface area contributed by atoms with Crippen molar-refractivity contribution in [3.63, 3.8) is 0 Å². The third-order valence-corrected chi connectivity index (χ3v) is 2.41. The molecule has 0 unspecified atom stereocenters. The molecular weight excluding hydrogens is 200 g/mol. The van der Waals surface area contributed by atoms with Crippen molar-refractivity contribution < 1.29 is 9.53 Å². The standard InChI is InChI=1S/C14H24O2/c1-3-4-5-6-7-8-9-10-11-12-13-14(15)16-2/h10-13H,3-9H2,1-2H3. The lowest BCUT2D eigenvalue weighted by Crippen LogP contribution is -1.92. The van der Waals surface area contributed by atoms with Gasteiger partial charge in [-0.2, -0.15) is 0 Å². The minimum atomic E-state index is -0.302. The van der Waals surface area contributed by atoms with Crippen molar-refractivity contribution in [1.82, 2.24) is 0 Å². The van der Waals surface area contributed by atoms with Gasteiger partial charge < -0.3 is 4.74 Å². The Morgan fingerprint density at radius 3 is 2.44 bits per heavy atom. The van der Waals surface area contributed by atoms with E-state index in [9.17, 15) is 4.79 Å². The maximum absolute atomic E-state index is 10.7. The Kier molecular flexibility index (Phi) is 11.2. The Bertz CT molecular complexity index is 217. The SMILES string of the molecule is CCCCCCCCC=CC=CC(=O)OC. The fourth-order valence-corrected chi connectivity index (χ4v) is 1.42. The van der Waals surface area contributed by atoms with E-state index in [1.165, 1.54) is 51.7 Å². The van der Waals surface area contributed by atoms with E-state index in [0.29, 0.717) is 0 Å². The van der Waals surface area contributed by atoms with E-state index < -0.39 is 0 Å².